The van der Waals surface area contributed by atoms with E-state index in [2.05, 4.69) is 34.6 Å². The fourth-order valence-corrected chi connectivity index (χ4v) is 4.55. The first kappa shape index (κ1) is 28.1. The van der Waals surface area contributed by atoms with E-state index in [1.54, 1.807) is 6.07 Å². The zero-order valence-electron chi connectivity index (χ0n) is 21.7. The Morgan fingerprint density at radius 2 is 1.64 bits per heavy atom. The van der Waals surface area contributed by atoms with Crippen molar-refractivity contribution in [3.8, 4) is 0 Å². The van der Waals surface area contributed by atoms with Crippen molar-refractivity contribution in [3.63, 3.8) is 0 Å². The first-order valence-electron chi connectivity index (χ1n) is 12.2. The van der Waals surface area contributed by atoms with Crippen molar-refractivity contribution in [2.24, 2.45) is 0 Å². The van der Waals surface area contributed by atoms with E-state index < -0.39 is 31.9 Å². The molecule has 8 nitrogen and oxygen atoms in total. The van der Waals surface area contributed by atoms with Gasteiger partial charge >= 0.3 is 18.1 Å². The van der Waals surface area contributed by atoms with E-state index in [1.807, 2.05) is 0 Å². The van der Waals surface area contributed by atoms with E-state index in [9.17, 15) is 22.8 Å². The van der Waals surface area contributed by atoms with Crippen LogP contribution >= 0.6 is 0 Å². The minimum Gasteiger partial charge on any atom is -0.386 e. The van der Waals surface area contributed by atoms with Crippen molar-refractivity contribution in [3.05, 3.63) is 89.3 Å². The third kappa shape index (κ3) is 7.36. The van der Waals surface area contributed by atoms with Crippen LogP contribution in [0.25, 0.3) is 11.0 Å². The Kier molecular flexibility index (Phi) is 8.26. The summed E-state index contributed by atoms with van der Waals surface area (Å²) >= 11 is 0. The lowest BCUT2D eigenvalue weighted by Gasteiger charge is -2.17. The van der Waals surface area contributed by atoms with Gasteiger partial charge in [-0.1, -0.05) is 19.6 Å². The molecule has 4 aromatic heterocycles. The molecule has 0 spiro atoms. The molecule has 0 bridgehead atoms. The van der Waals surface area contributed by atoms with Gasteiger partial charge in [0.25, 0.3) is 0 Å². The summed E-state index contributed by atoms with van der Waals surface area (Å²) in [5.41, 5.74) is 0.665. The summed E-state index contributed by atoms with van der Waals surface area (Å²) in [7, 11) is -1.39. The Labute approximate surface area is 223 Å². The lowest BCUT2D eigenvalue weighted by molar-refractivity contribution is -0.145. The topological polar surface area (TPSA) is 96.2 Å². The normalized spacial score (nSPS) is 12.1. The van der Waals surface area contributed by atoms with Gasteiger partial charge in [-0.05, 0) is 48.0 Å². The van der Waals surface area contributed by atoms with Gasteiger partial charge < -0.3 is 9.47 Å². The number of carbonyl (C=O) groups is 2. The molecule has 0 atom stereocenters. The minimum absolute atomic E-state index is 0.109. The van der Waals surface area contributed by atoms with E-state index in [0.29, 0.717) is 23.3 Å². The zero-order chi connectivity index (χ0) is 28.2. The number of esters is 2. The molecule has 0 unspecified atom stereocenters. The number of fused-ring (bicyclic) bond motifs is 1. The first-order valence-corrected chi connectivity index (χ1v) is 15.9. The number of halogens is 3. The molecule has 0 aliphatic carbocycles. The molecule has 0 fully saturated rings. The number of pyridine rings is 3. The number of alkyl halides is 3. The fourth-order valence-electron chi connectivity index (χ4n) is 3.79. The number of ether oxygens (including phenoxy) is 2. The average Bonchev–Trinajstić information content (AvgIpc) is 3.25. The van der Waals surface area contributed by atoms with Crippen LogP contribution in [0.5, 0.6) is 0 Å². The van der Waals surface area contributed by atoms with Gasteiger partial charge in [0, 0.05) is 57.0 Å². The summed E-state index contributed by atoms with van der Waals surface area (Å²) in [6.45, 7) is 6.63. The third-order valence-corrected chi connectivity index (χ3v) is 7.54. The first-order chi connectivity index (χ1) is 18.4. The van der Waals surface area contributed by atoms with Crippen LogP contribution in [0.15, 0.2) is 61.2 Å². The summed E-state index contributed by atoms with van der Waals surface area (Å²) in [5.74, 6) is -1.67. The Bertz CT molecular complexity index is 1480. The van der Waals surface area contributed by atoms with Gasteiger partial charge in [0.2, 0.25) is 0 Å². The van der Waals surface area contributed by atoms with E-state index >= 15 is 0 Å². The molecule has 12 heteroatoms. The molecule has 4 rings (SSSR count). The van der Waals surface area contributed by atoms with Crippen LogP contribution in [0.2, 0.25) is 25.7 Å². The maximum atomic E-state index is 13.8. The highest BCUT2D eigenvalue weighted by Crippen LogP contribution is 2.34. The van der Waals surface area contributed by atoms with Crippen molar-refractivity contribution in [1.82, 2.24) is 19.5 Å². The molecule has 0 saturated heterocycles. The van der Waals surface area contributed by atoms with Crippen LogP contribution in [0.3, 0.4) is 0 Å². The summed E-state index contributed by atoms with van der Waals surface area (Å²) in [6.07, 6.45) is 1.30. The van der Waals surface area contributed by atoms with E-state index in [4.69, 9.17) is 9.47 Å². The highest BCUT2D eigenvalue weighted by Gasteiger charge is 2.36. The van der Waals surface area contributed by atoms with Gasteiger partial charge in [0.05, 0.1) is 11.1 Å². The van der Waals surface area contributed by atoms with Crippen LogP contribution in [-0.2, 0) is 28.8 Å². The summed E-state index contributed by atoms with van der Waals surface area (Å²) in [6, 6.07) is 9.22. The molecular weight excluding hydrogens is 529 g/mol. The standard InChI is InChI=1S/C27H27F3N4O4Si/c1-39(2,3)11-10-37-17-34-23(27(28,29)30)15-21-12-18(16-33-24(21)34)13-22-14-20(6-9-32-22)26(36)38-25(35)19-4-7-31-8-5-19/h4-9,12,14-16H,10-11,13,17H2,1-3H3. The second kappa shape index (κ2) is 11.5. The van der Waals surface area contributed by atoms with Gasteiger partial charge in [-0.15, -0.1) is 0 Å². The van der Waals surface area contributed by atoms with E-state index in [0.717, 1.165) is 16.7 Å². The Morgan fingerprint density at radius 1 is 0.949 bits per heavy atom. The maximum Gasteiger partial charge on any atom is 0.431 e. The smallest absolute Gasteiger partial charge is 0.386 e. The Balaban J connectivity index is 1.51. The Hall–Kier alpha value is -3.90. The van der Waals surface area contributed by atoms with Crippen molar-refractivity contribution in [2.45, 2.75) is 45.0 Å². The van der Waals surface area contributed by atoms with Gasteiger partial charge in [-0.2, -0.15) is 13.2 Å². The largest absolute Gasteiger partial charge is 0.431 e. The number of carbonyl (C=O) groups excluding carboxylic acids is 2. The second-order valence-electron chi connectivity index (χ2n) is 10.2. The van der Waals surface area contributed by atoms with Gasteiger partial charge in [-0.3, -0.25) is 14.5 Å². The highest BCUT2D eigenvalue weighted by molar-refractivity contribution is 6.76. The van der Waals surface area contributed by atoms with Crippen LogP contribution in [-0.4, -0.2) is 46.1 Å². The molecule has 0 aromatic carbocycles. The molecule has 4 aromatic rings. The van der Waals surface area contributed by atoms with Crippen molar-refractivity contribution in [1.29, 1.82) is 0 Å². The second-order valence-corrected chi connectivity index (χ2v) is 15.8. The molecule has 0 aliphatic rings. The molecular formula is C27H27F3N4O4Si. The van der Waals surface area contributed by atoms with E-state index in [-0.39, 0.29) is 29.9 Å². The predicted octanol–water partition coefficient (Wildman–Crippen LogP) is 5.75. The Morgan fingerprint density at radius 3 is 2.33 bits per heavy atom. The maximum absolute atomic E-state index is 13.8. The molecule has 39 heavy (non-hydrogen) atoms. The van der Waals surface area contributed by atoms with Gasteiger partial charge in [0.15, 0.2) is 0 Å². The van der Waals surface area contributed by atoms with Crippen LogP contribution in [0, 0.1) is 0 Å². The quantitative estimate of drug-likeness (QED) is 0.112. The zero-order valence-corrected chi connectivity index (χ0v) is 22.7. The predicted molar refractivity (Wildman–Crippen MR) is 140 cm³/mol. The number of hydrogen-bond acceptors (Lipinski definition) is 7. The SMILES string of the molecule is C[Si](C)(C)CCOCn1c(C(F)(F)F)cc2cc(Cc3cc(C(=O)OC(=O)c4ccncc4)ccn3)cnc21. The lowest BCUT2D eigenvalue weighted by atomic mass is 10.1. The minimum atomic E-state index is -4.58. The summed E-state index contributed by atoms with van der Waals surface area (Å²) in [4.78, 5) is 37.0. The molecule has 0 saturated carbocycles. The summed E-state index contributed by atoms with van der Waals surface area (Å²) in [5, 5.41) is 0.312. The molecule has 0 N–H and O–H groups in total. The molecule has 0 aliphatic heterocycles. The van der Waals surface area contributed by atoms with Crippen LogP contribution in [0.4, 0.5) is 13.2 Å². The van der Waals surface area contributed by atoms with Crippen molar-refractivity contribution < 1.29 is 32.2 Å². The lowest BCUT2D eigenvalue weighted by Crippen LogP contribution is -2.22. The molecule has 4 heterocycles. The van der Waals surface area contributed by atoms with Crippen molar-refractivity contribution >= 4 is 31.0 Å². The van der Waals surface area contributed by atoms with Gasteiger partial charge in [-0.25, -0.2) is 14.6 Å². The number of hydrogen-bond donors (Lipinski definition) is 0. The summed E-state index contributed by atoms with van der Waals surface area (Å²) < 4.78 is 52.9. The van der Waals surface area contributed by atoms with Crippen molar-refractivity contribution in [2.75, 3.05) is 6.61 Å². The van der Waals surface area contributed by atoms with Gasteiger partial charge in [0.1, 0.15) is 18.1 Å². The van der Waals surface area contributed by atoms with E-state index in [1.165, 1.54) is 49.1 Å². The molecule has 0 radical (unpaired) electrons. The monoisotopic (exact) mass is 556 g/mol. The number of aromatic nitrogens is 4. The average molecular weight is 557 g/mol. The highest BCUT2D eigenvalue weighted by atomic mass is 28.3. The molecule has 0 amide bonds. The third-order valence-electron chi connectivity index (χ3n) is 5.84. The number of nitrogens with zero attached hydrogens (tertiary/aromatic N) is 4. The van der Waals surface area contributed by atoms with Crippen LogP contribution < -0.4 is 0 Å². The van der Waals surface area contributed by atoms with Crippen LogP contribution in [0.1, 0.15) is 37.7 Å². The molecule has 204 valence electrons. The fraction of sp³-hybridized carbons (Fsp3) is 0.296. The number of rotatable bonds is 9.